The van der Waals surface area contributed by atoms with E-state index in [1.807, 2.05) is 27.7 Å². The van der Waals surface area contributed by atoms with Gasteiger partial charge in [0.05, 0.1) is 0 Å². The lowest BCUT2D eigenvalue weighted by atomic mass is 9.79. The lowest BCUT2D eigenvalue weighted by Gasteiger charge is -2.31. The molecule has 1 saturated carbocycles. The number of rotatable bonds is 3. The van der Waals surface area contributed by atoms with Crippen molar-refractivity contribution in [1.82, 2.24) is 5.32 Å². The highest BCUT2D eigenvalue weighted by atomic mass is 16.6. The van der Waals surface area contributed by atoms with Crippen LogP contribution in [0.25, 0.3) is 0 Å². The fourth-order valence-corrected chi connectivity index (χ4v) is 2.47. The fourth-order valence-electron chi connectivity index (χ4n) is 2.47. The minimum atomic E-state index is -0.378. The van der Waals surface area contributed by atoms with Crippen LogP contribution in [0.2, 0.25) is 0 Å². The number of carbonyl (C=O) groups excluding carboxylic acids is 2. The van der Waals surface area contributed by atoms with Crippen LogP contribution in [0.5, 0.6) is 0 Å². The molecule has 1 rings (SSSR count). The van der Waals surface area contributed by atoms with Gasteiger partial charge >= 0.3 is 6.09 Å². The Morgan fingerprint density at radius 2 is 1.74 bits per heavy atom. The van der Waals surface area contributed by atoms with E-state index in [2.05, 4.69) is 5.32 Å². The maximum Gasteiger partial charge on any atom is 0.407 e. The van der Waals surface area contributed by atoms with E-state index in [-0.39, 0.29) is 29.6 Å². The first kappa shape index (κ1) is 15.8. The number of ether oxygens (including phenoxy) is 1. The Morgan fingerprint density at radius 3 is 2.16 bits per heavy atom. The molecule has 1 fully saturated rings. The summed E-state index contributed by atoms with van der Waals surface area (Å²) in [5.74, 6) is 0.102. The number of hydrogen-bond donors (Lipinski definition) is 2. The van der Waals surface area contributed by atoms with Crippen molar-refractivity contribution in [3.63, 3.8) is 0 Å². The van der Waals surface area contributed by atoms with E-state index >= 15 is 0 Å². The third kappa shape index (κ3) is 5.49. The third-order valence-electron chi connectivity index (χ3n) is 3.61. The number of primary amides is 1. The molecule has 0 radical (unpaired) electrons. The van der Waals surface area contributed by atoms with Gasteiger partial charge in [-0.3, -0.25) is 4.79 Å². The topological polar surface area (TPSA) is 81.4 Å². The first-order valence-corrected chi connectivity index (χ1v) is 6.97. The van der Waals surface area contributed by atoms with Crippen LogP contribution in [-0.4, -0.2) is 23.6 Å². The molecule has 5 nitrogen and oxygen atoms in total. The molecule has 0 heterocycles. The van der Waals surface area contributed by atoms with Crippen molar-refractivity contribution in [2.24, 2.45) is 17.6 Å². The molecule has 0 saturated heterocycles. The molecular weight excluding hydrogens is 244 g/mol. The number of hydrogen-bond acceptors (Lipinski definition) is 3. The number of nitrogens with one attached hydrogen (secondary N) is 1. The van der Waals surface area contributed by atoms with E-state index in [4.69, 9.17) is 10.5 Å². The molecule has 1 aliphatic carbocycles. The summed E-state index contributed by atoms with van der Waals surface area (Å²) in [6.45, 7) is 7.66. The minimum Gasteiger partial charge on any atom is -0.446 e. The zero-order valence-corrected chi connectivity index (χ0v) is 12.4. The van der Waals surface area contributed by atoms with Crippen molar-refractivity contribution >= 4 is 12.0 Å². The van der Waals surface area contributed by atoms with Gasteiger partial charge in [-0.25, -0.2) is 4.79 Å². The normalized spacial score (nSPS) is 25.5. The number of nitrogens with two attached hydrogens (primary N) is 1. The summed E-state index contributed by atoms with van der Waals surface area (Å²) in [5, 5.41) is 2.78. The molecule has 1 atom stereocenters. The van der Waals surface area contributed by atoms with Crippen LogP contribution >= 0.6 is 0 Å². The molecule has 0 aromatic heterocycles. The Morgan fingerprint density at radius 1 is 1.21 bits per heavy atom. The second kappa shape index (κ2) is 6.26. The van der Waals surface area contributed by atoms with Gasteiger partial charge in [0, 0.05) is 11.5 Å². The molecule has 19 heavy (non-hydrogen) atoms. The van der Waals surface area contributed by atoms with Gasteiger partial charge in [0.15, 0.2) is 0 Å². The minimum absolute atomic E-state index is 0.00754. The summed E-state index contributed by atoms with van der Waals surface area (Å²) in [4.78, 5) is 22.8. The van der Waals surface area contributed by atoms with Crippen LogP contribution in [0, 0.1) is 11.8 Å². The summed E-state index contributed by atoms with van der Waals surface area (Å²) in [6, 6.07) is 0. The van der Waals surface area contributed by atoms with Gasteiger partial charge < -0.3 is 15.8 Å². The predicted molar refractivity (Wildman–Crippen MR) is 73.5 cm³/mol. The Balaban J connectivity index is 2.37. The van der Waals surface area contributed by atoms with Gasteiger partial charge in [0.25, 0.3) is 0 Å². The molecule has 0 unspecified atom stereocenters. The standard InChI is InChI=1S/C14H26N2O3/c1-9(19-13(18)16-14(2,3)4)10-5-7-11(8-6-10)12(15)17/h9-11H,5-8H2,1-4H3,(H2,15,17)(H,16,18)/t9-,10?,11?/m1/s1. The summed E-state index contributed by atoms with van der Waals surface area (Å²) >= 11 is 0. The van der Waals surface area contributed by atoms with Crippen molar-refractivity contribution in [2.45, 2.75) is 65.0 Å². The molecule has 110 valence electrons. The van der Waals surface area contributed by atoms with E-state index in [1.54, 1.807) is 0 Å². The molecule has 0 bridgehead atoms. The van der Waals surface area contributed by atoms with Crippen molar-refractivity contribution in [3.8, 4) is 0 Å². The second-order valence-electron chi connectivity index (χ2n) is 6.50. The number of carbonyl (C=O) groups is 2. The van der Waals surface area contributed by atoms with Crippen LogP contribution in [0.3, 0.4) is 0 Å². The summed E-state index contributed by atoms with van der Waals surface area (Å²) in [6.07, 6.45) is 2.87. The maximum atomic E-state index is 11.7. The van der Waals surface area contributed by atoms with Gasteiger partial charge in [0.1, 0.15) is 6.10 Å². The highest BCUT2D eigenvalue weighted by Crippen LogP contribution is 2.31. The quantitative estimate of drug-likeness (QED) is 0.824. The second-order valence-corrected chi connectivity index (χ2v) is 6.50. The molecule has 0 aromatic carbocycles. The molecule has 2 amide bonds. The first-order valence-electron chi connectivity index (χ1n) is 6.97. The van der Waals surface area contributed by atoms with Gasteiger partial charge in [-0.05, 0) is 59.3 Å². The predicted octanol–water partition coefficient (Wildman–Crippen LogP) is 2.19. The fraction of sp³-hybridized carbons (Fsp3) is 0.857. The Kier molecular flexibility index (Phi) is 5.20. The molecule has 3 N–H and O–H groups in total. The van der Waals surface area contributed by atoms with Gasteiger partial charge in [-0.15, -0.1) is 0 Å². The van der Waals surface area contributed by atoms with E-state index in [1.165, 1.54) is 0 Å². The summed E-state index contributed by atoms with van der Waals surface area (Å²) in [7, 11) is 0. The first-order chi connectivity index (χ1) is 8.69. The number of amides is 2. The number of alkyl carbamates (subject to hydrolysis) is 1. The maximum absolute atomic E-state index is 11.7. The Hall–Kier alpha value is -1.26. The highest BCUT2D eigenvalue weighted by molar-refractivity contribution is 5.76. The SMILES string of the molecule is C[C@@H](OC(=O)NC(C)(C)C)C1CCC(C(N)=O)CC1. The van der Waals surface area contributed by atoms with Crippen molar-refractivity contribution < 1.29 is 14.3 Å². The lowest BCUT2D eigenvalue weighted by molar-refractivity contribution is -0.123. The van der Waals surface area contributed by atoms with E-state index in [0.29, 0.717) is 5.92 Å². The highest BCUT2D eigenvalue weighted by Gasteiger charge is 2.30. The molecule has 1 aliphatic rings. The molecule has 0 aromatic rings. The Bertz CT molecular complexity index is 328. The summed E-state index contributed by atoms with van der Waals surface area (Å²) < 4.78 is 5.40. The third-order valence-corrected chi connectivity index (χ3v) is 3.61. The van der Waals surface area contributed by atoms with E-state index in [0.717, 1.165) is 25.7 Å². The van der Waals surface area contributed by atoms with Gasteiger partial charge in [-0.1, -0.05) is 0 Å². The van der Waals surface area contributed by atoms with E-state index < -0.39 is 0 Å². The van der Waals surface area contributed by atoms with Gasteiger partial charge in [-0.2, -0.15) is 0 Å². The monoisotopic (exact) mass is 270 g/mol. The lowest BCUT2D eigenvalue weighted by Crippen LogP contribution is -2.43. The van der Waals surface area contributed by atoms with Crippen molar-refractivity contribution in [1.29, 1.82) is 0 Å². The average Bonchev–Trinajstić information content (AvgIpc) is 2.26. The molecular formula is C14H26N2O3. The van der Waals surface area contributed by atoms with Crippen LogP contribution in [0.1, 0.15) is 53.4 Å². The van der Waals surface area contributed by atoms with Crippen molar-refractivity contribution in [2.75, 3.05) is 0 Å². The van der Waals surface area contributed by atoms with Crippen LogP contribution in [0.4, 0.5) is 4.79 Å². The van der Waals surface area contributed by atoms with E-state index in [9.17, 15) is 9.59 Å². The summed E-state index contributed by atoms with van der Waals surface area (Å²) in [5.41, 5.74) is 5.01. The largest absolute Gasteiger partial charge is 0.446 e. The Labute approximate surface area is 115 Å². The average molecular weight is 270 g/mol. The zero-order chi connectivity index (χ0) is 14.6. The molecule has 5 heteroatoms. The van der Waals surface area contributed by atoms with Crippen LogP contribution < -0.4 is 11.1 Å². The van der Waals surface area contributed by atoms with Crippen LogP contribution in [0.15, 0.2) is 0 Å². The zero-order valence-electron chi connectivity index (χ0n) is 12.4. The molecule has 0 spiro atoms. The van der Waals surface area contributed by atoms with Gasteiger partial charge in [0.2, 0.25) is 5.91 Å². The molecule has 0 aliphatic heterocycles. The van der Waals surface area contributed by atoms with Crippen LogP contribution in [-0.2, 0) is 9.53 Å². The van der Waals surface area contributed by atoms with Crippen molar-refractivity contribution in [3.05, 3.63) is 0 Å². The smallest absolute Gasteiger partial charge is 0.407 e.